The van der Waals surface area contributed by atoms with Gasteiger partial charge in [-0.05, 0) is 19.0 Å². The first-order valence-electron chi connectivity index (χ1n) is 7.08. The Labute approximate surface area is 123 Å². The molecule has 1 aliphatic heterocycles. The van der Waals surface area contributed by atoms with E-state index in [1.807, 2.05) is 0 Å². The lowest BCUT2D eigenvalue weighted by atomic mass is 10.2. The van der Waals surface area contributed by atoms with Gasteiger partial charge in [0.25, 0.3) is 0 Å². The van der Waals surface area contributed by atoms with Gasteiger partial charge in [0.2, 0.25) is 0 Å². The number of nitrogens with zero attached hydrogens (tertiary/aromatic N) is 2. The van der Waals surface area contributed by atoms with Crippen LogP contribution in [0.15, 0.2) is 24.3 Å². The Balaban J connectivity index is 1.98. The highest BCUT2D eigenvalue weighted by molar-refractivity contribution is 6.34. The largest absolute Gasteiger partial charge is 0.333 e. The fraction of sp³-hybridized carbons (Fsp3) is 0.467. The Bertz CT molecular complexity index is 513. The summed E-state index contributed by atoms with van der Waals surface area (Å²) in [6, 6.07) is 6.25. The van der Waals surface area contributed by atoms with Crippen molar-refractivity contribution in [1.82, 2.24) is 15.1 Å². The predicted molar refractivity (Wildman–Crippen MR) is 76.9 cm³/mol. The lowest BCUT2D eigenvalue weighted by molar-refractivity contribution is -0.151. The number of carbonyl (C=O) groups is 2. The molecule has 114 valence electrons. The number of likely N-dealkylation sites (N-methyl/N-ethyl adjacent to an activating group) is 1. The van der Waals surface area contributed by atoms with Gasteiger partial charge in [0.15, 0.2) is 0 Å². The second-order valence-electron chi connectivity index (χ2n) is 5.15. The van der Waals surface area contributed by atoms with Gasteiger partial charge in [-0.25, -0.2) is 4.39 Å². The molecular weight excluding hydrogens is 273 g/mol. The molecule has 5 nitrogen and oxygen atoms in total. The first-order valence-corrected chi connectivity index (χ1v) is 7.08. The first kappa shape index (κ1) is 15.4. The van der Waals surface area contributed by atoms with Gasteiger partial charge in [-0.2, -0.15) is 0 Å². The summed E-state index contributed by atoms with van der Waals surface area (Å²) in [7, 11) is 1.52. The smallest absolute Gasteiger partial charge is 0.312 e. The summed E-state index contributed by atoms with van der Waals surface area (Å²) in [5.41, 5.74) is 0.402. The number of carbonyl (C=O) groups excluding carboxylic acids is 2. The Hall–Kier alpha value is -1.95. The molecule has 0 spiro atoms. The summed E-state index contributed by atoms with van der Waals surface area (Å²) in [6.45, 7) is 2.73. The molecule has 0 unspecified atom stereocenters. The maximum absolute atomic E-state index is 13.6. The number of halogens is 1. The van der Waals surface area contributed by atoms with Crippen molar-refractivity contribution in [2.75, 3.05) is 33.2 Å². The van der Waals surface area contributed by atoms with Crippen LogP contribution in [0.2, 0.25) is 0 Å². The molecule has 1 aromatic carbocycles. The molecule has 0 radical (unpaired) electrons. The number of rotatable bonds is 2. The summed E-state index contributed by atoms with van der Waals surface area (Å²) < 4.78 is 13.6. The Morgan fingerprint density at radius 1 is 1.29 bits per heavy atom. The molecule has 1 aromatic rings. The fourth-order valence-corrected chi connectivity index (χ4v) is 2.30. The molecule has 1 N–H and O–H groups in total. The average Bonchev–Trinajstić information content (AvgIpc) is 2.77. The quantitative estimate of drug-likeness (QED) is 0.813. The minimum absolute atomic E-state index is 0.0866. The van der Waals surface area contributed by atoms with Gasteiger partial charge in [-0.15, -0.1) is 0 Å². The standard InChI is InChI=1S/C15H20FN3O2/c1-18(11-12-5-2-3-6-13(12)16)14(20)15(21)19-9-4-7-17-8-10-19/h2-3,5-6,17H,4,7-11H2,1H3. The van der Waals surface area contributed by atoms with E-state index in [9.17, 15) is 14.0 Å². The zero-order valence-electron chi connectivity index (χ0n) is 12.1. The van der Waals surface area contributed by atoms with Crippen LogP contribution in [-0.4, -0.2) is 54.8 Å². The minimum atomic E-state index is -0.597. The number of hydrogen-bond acceptors (Lipinski definition) is 3. The van der Waals surface area contributed by atoms with E-state index in [2.05, 4.69) is 5.32 Å². The Kier molecular flexibility index (Phi) is 5.27. The van der Waals surface area contributed by atoms with Crippen LogP contribution >= 0.6 is 0 Å². The lowest BCUT2D eigenvalue weighted by Gasteiger charge is -2.23. The predicted octanol–water partition coefficient (Wildman–Crippen LogP) is 0.606. The van der Waals surface area contributed by atoms with E-state index in [1.165, 1.54) is 18.0 Å². The molecular formula is C15H20FN3O2. The monoisotopic (exact) mass is 293 g/mol. The van der Waals surface area contributed by atoms with E-state index in [0.717, 1.165) is 13.0 Å². The third-order valence-corrected chi connectivity index (χ3v) is 3.52. The summed E-state index contributed by atoms with van der Waals surface area (Å²) in [6.07, 6.45) is 0.829. The fourth-order valence-electron chi connectivity index (χ4n) is 2.30. The average molecular weight is 293 g/mol. The van der Waals surface area contributed by atoms with Crippen LogP contribution in [0.4, 0.5) is 4.39 Å². The van der Waals surface area contributed by atoms with E-state index in [4.69, 9.17) is 0 Å². The van der Waals surface area contributed by atoms with Crippen molar-refractivity contribution < 1.29 is 14.0 Å². The highest BCUT2D eigenvalue weighted by Crippen LogP contribution is 2.09. The maximum Gasteiger partial charge on any atom is 0.312 e. The van der Waals surface area contributed by atoms with E-state index < -0.39 is 11.8 Å². The molecule has 0 aromatic heterocycles. The molecule has 0 saturated carbocycles. The van der Waals surface area contributed by atoms with Crippen LogP contribution in [0, 0.1) is 5.82 Å². The van der Waals surface area contributed by atoms with Crippen LogP contribution < -0.4 is 5.32 Å². The van der Waals surface area contributed by atoms with Gasteiger partial charge in [0.05, 0.1) is 0 Å². The number of benzene rings is 1. The molecule has 2 amide bonds. The van der Waals surface area contributed by atoms with Crippen LogP contribution in [-0.2, 0) is 16.1 Å². The van der Waals surface area contributed by atoms with Crippen molar-refractivity contribution in [1.29, 1.82) is 0 Å². The van der Waals surface area contributed by atoms with Gasteiger partial charge in [-0.3, -0.25) is 9.59 Å². The second kappa shape index (κ2) is 7.17. The Morgan fingerprint density at radius 2 is 2.05 bits per heavy atom. The van der Waals surface area contributed by atoms with Crippen molar-refractivity contribution in [2.24, 2.45) is 0 Å². The third kappa shape index (κ3) is 4.01. The molecule has 21 heavy (non-hydrogen) atoms. The van der Waals surface area contributed by atoms with E-state index >= 15 is 0 Å². The van der Waals surface area contributed by atoms with Gasteiger partial charge in [0.1, 0.15) is 5.82 Å². The Morgan fingerprint density at radius 3 is 2.81 bits per heavy atom. The summed E-state index contributed by atoms with van der Waals surface area (Å²) in [5.74, 6) is -1.48. The van der Waals surface area contributed by atoms with Gasteiger partial charge < -0.3 is 15.1 Å². The zero-order chi connectivity index (χ0) is 15.2. The van der Waals surface area contributed by atoms with E-state index in [-0.39, 0.29) is 12.4 Å². The molecule has 0 atom stereocenters. The molecule has 1 aliphatic rings. The highest BCUT2D eigenvalue weighted by Gasteiger charge is 2.25. The highest BCUT2D eigenvalue weighted by atomic mass is 19.1. The minimum Gasteiger partial charge on any atom is -0.333 e. The van der Waals surface area contributed by atoms with Crippen LogP contribution in [0.5, 0.6) is 0 Å². The number of hydrogen-bond donors (Lipinski definition) is 1. The summed E-state index contributed by atoms with van der Waals surface area (Å²) >= 11 is 0. The van der Waals surface area contributed by atoms with Crippen molar-refractivity contribution in [3.05, 3.63) is 35.6 Å². The topological polar surface area (TPSA) is 52.7 Å². The van der Waals surface area contributed by atoms with E-state index in [0.29, 0.717) is 25.2 Å². The second-order valence-corrected chi connectivity index (χ2v) is 5.15. The lowest BCUT2D eigenvalue weighted by Crippen LogP contribution is -2.44. The molecule has 1 heterocycles. The van der Waals surface area contributed by atoms with E-state index in [1.54, 1.807) is 23.1 Å². The maximum atomic E-state index is 13.6. The number of nitrogens with one attached hydrogen (secondary N) is 1. The van der Waals surface area contributed by atoms with Crippen LogP contribution in [0.25, 0.3) is 0 Å². The van der Waals surface area contributed by atoms with Crippen LogP contribution in [0.3, 0.4) is 0 Å². The number of amides is 2. The molecule has 6 heteroatoms. The first-order chi connectivity index (χ1) is 10.1. The molecule has 0 bridgehead atoms. The van der Waals surface area contributed by atoms with Crippen molar-refractivity contribution in [3.8, 4) is 0 Å². The van der Waals surface area contributed by atoms with Gasteiger partial charge in [-0.1, -0.05) is 18.2 Å². The third-order valence-electron chi connectivity index (χ3n) is 3.52. The SMILES string of the molecule is CN(Cc1ccccc1F)C(=O)C(=O)N1CCCNCC1. The van der Waals surface area contributed by atoms with Gasteiger partial charge >= 0.3 is 11.8 Å². The van der Waals surface area contributed by atoms with Gasteiger partial charge in [0, 0.05) is 38.8 Å². The normalized spacial score (nSPS) is 15.4. The molecule has 2 rings (SSSR count). The molecule has 0 aliphatic carbocycles. The van der Waals surface area contributed by atoms with Crippen molar-refractivity contribution >= 4 is 11.8 Å². The molecule has 1 fully saturated rings. The van der Waals surface area contributed by atoms with Crippen LogP contribution in [0.1, 0.15) is 12.0 Å². The molecule has 1 saturated heterocycles. The zero-order valence-corrected chi connectivity index (χ0v) is 12.1. The summed E-state index contributed by atoms with van der Waals surface area (Å²) in [4.78, 5) is 27.2. The van der Waals surface area contributed by atoms with Crippen molar-refractivity contribution in [3.63, 3.8) is 0 Å². The summed E-state index contributed by atoms with van der Waals surface area (Å²) in [5, 5.41) is 3.18. The van der Waals surface area contributed by atoms with Crippen molar-refractivity contribution in [2.45, 2.75) is 13.0 Å².